The summed E-state index contributed by atoms with van der Waals surface area (Å²) in [6, 6.07) is 12.7. The summed E-state index contributed by atoms with van der Waals surface area (Å²) in [6.07, 6.45) is 2.25. The fourth-order valence-corrected chi connectivity index (χ4v) is 4.05. The van der Waals surface area contributed by atoms with Crippen molar-refractivity contribution in [2.24, 2.45) is 0 Å². The lowest BCUT2D eigenvalue weighted by atomic mass is 10.1. The normalized spacial score (nSPS) is 18.4. The molecule has 25 heavy (non-hydrogen) atoms. The van der Waals surface area contributed by atoms with E-state index in [4.69, 9.17) is 11.6 Å². The number of anilines is 1. The summed E-state index contributed by atoms with van der Waals surface area (Å²) in [6.45, 7) is 3.62. The van der Waals surface area contributed by atoms with E-state index in [0.29, 0.717) is 11.9 Å². The predicted octanol–water partition coefficient (Wildman–Crippen LogP) is 2.72. The van der Waals surface area contributed by atoms with Gasteiger partial charge in [-0.1, -0.05) is 35.9 Å². The highest BCUT2D eigenvalue weighted by Crippen LogP contribution is 2.27. The van der Waals surface area contributed by atoms with Crippen molar-refractivity contribution in [1.29, 1.82) is 0 Å². The van der Waals surface area contributed by atoms with E-state index in [2.05, 4.69) is 39.0 Å². The molecule has 1 fully saturated rings. The monoisotopic (exact) mass is 357 g/mol. The van der Waals surface area contributed by atoms with Gasteiger partial charge >= 0.3 is 5.97 Å². The fourth-order valence-electron chi connectivity index (χ4n) is 3.87. The largest absolute Gasteiger partial charge is 0.476 e. The maximum Gasteiger partial charge on any atom is 0.356 e. The second kappa shape index (κ2) is 6.65. The molecule has 4 rings (SSSR count). The van der Waals surface area contributed by atoms with Gasteiger partial charge < -0.3 is 10.0 Å². The minimum absolute atomic E-state index is 0.0761. The van der Waals surface area contributed by atoms with Crippen molar-refractivity contribution in [2.45, 2.75) is 18.9 Å². The van der Waals surface area contributed by atoms with E-state index in [1.165, 1.54) is 11.1 Å². The lowest BCUT2D eigenvalue weighted by Gasteiger charge is -2.38. The lowest BCUT2D eigenvalue weighted by molar-refractivity contribution is 0.0690. The number of fused-ring (bicyclic) bond motifs is 1. The molecule has 0 saturated carbocycles. The highest BCUT2D eigenvalue weighted by molar-refractivity contribution is 6.33. The first-order chi connectivity index (χ1) is 12.1. The average molecular weight is 358 g/mol. The van der Waals surface area contributed by atoms with Crippen molar-refractivity contribution in [3.05, 3.63) is 58.2 Å². The Bertz CT molecular complexity index is 778. The van der Waals surface area contributed by atoms with E-state index in [9.17, 15) is 9.90 Å². The Balaban J connectivity index is 1.41. The van der Waals surface area contributed by atoms with Crippen LogP contribution >= 0.6 is 11.6 Å². The summed E-state index contributed by atoms with van der Waals surface area (Å²) in [5.74, 6) is -0.398. The highest BCUT2D eigenvalue weighted by atomic mass is 35.5. The number of hydrogen-bond donors (Lipinski definition) is 1. The third-order valence-electron chi connectivity index (χ3n) is 5.22. The second-order valence-corrected chi connectivity index (χ2v) is 7.07. The van der Waals surface area contributed by atoms with E-state index in [1.807, 2.05) is 0 Å². The number of rotatable bonds is 3. The Kier molecular flexibility index (Phi) is 4.36. The van der Waals surface area contributed by atoms with Crippen molar-refractivity contribution in [3.63, 3.8) is 0 Å². The Hall–Kier alpha value is -2.11. The first-order valence-electron chi connectivity index (χ1n) is 8.57. The van der Waals surface area contributed by atoms with Crippen LogP contribution in [0.1, 0.15) is 21.6 Å². The van der Waals surface area contributed by atoms with Crippen LogP contribution < -0.4 is 4.90 Å². The number of pyridine rings is 1. The molecular weight excluding hydrogens is 338 g/mol. The van der Waals surface area contributed by atoms with Gasteiger partial charge in [0.25, 0.3) is 0 Å². The number of halogens is 1. The van der Waals surface area contributed by atoms with Gasteiger partial charge in [-0.15, -0.1) is 0 Å². The molecule has 2 aliphatic rings. The summed E-state index contributed by atoms with van der Waals surface area (Å²) in [4.78, 5) is 20.1. The summed E-state index contributed by atoms with van der Waals surface area (Å²) < 4.78 is 0. The molecule has 1 aliphatic carbocycles. The summed E-state index contributed by atoms with van der Waals surface area (Å²) in [5, 5.41) is 9.37. The SMILES string of the molecule is O=C(O)c1nc(N2CCN(C3Cc4ccccc4C3)CC2)ccc1Cl. The average Bonchev–Trinajstić information content (AvgIpc) is 3.06. The molecule has 130 valence electrons. The molecule has 5 nitrogen and oxygen atoms in total. The standard InChI is InChI=1S/C19H20ClN3O2/c20-16-5-6-17(21-18(16)19(24)25)23-9-7-22(8-10-23)15-11-13-3-1-2-4-14(13)12-15/h1-6,15H,7-12H2,(H,24,25). The van der Waals surface area contributed by atoms with Crippen LogP contribution in [0.2, 0.25) is 5.02 Å². The molecule has 6 heteroatoms. The minimum Gasteiger partial charge on any atom is -0.476 e. The first kappa shape index (κ1) is 16.4. The zero-order valence-electron chi connectivity index (χ0n) is 13.9. The van der Waals surface area contributed by atoms with Gasteiger partial charge in [0.05, 0.1) is 5.02 Å². The van der Waals surface area contributed by atoms with Crippen LogP contribution in [0.3, 0.4) is 0 Å². The van der Waals surface area contributed by atoms with Crippen LogP contribution in [0.25, 0.3) is 0 Å². The number of hydrogen-bond acceptors (Lipinski definition) is 4. The number of carboxylic acid groups (broad SMARTS) is 1. The van der Waals surface area contributed by atoms with Crippen molar-refractivity contribution in [1.82, 2.24) is 9.88 Å². The first-order valence-corrected chi connectivity index (χ1v) is 8.95. The molecule has 0 atom stereocenters. The maximum absolute atomic E-state index is 11.2. The van der Waals surface area contributed by atoms with Gasteiger partial charge in [-0.05, 0) is 36.1 Å². The number of aromatic nitrogens is 1. The topological polar surface area (TPSA) is 56.7 Å². The third-order valence-corrected chi connectivity index (χ3v) is 5.52. The Morgan fingerprint density at radius 2 is 1.68 bits per heavy atom. The lowest BCUT2D eigenvalue weighted by Crippen LogP contribution is -2.51. The van der Waals surface area contributed by atoms with Crippen LogP contribution in [0.15, 0.2) is 36.4 Å². The molecule has 1 saturated heterocycles. The Labute approximate surface area is 151 Å². The molecular formula is C19H20ClN3O2. The van der Waals surface area contributed by atoms with Crippen molar-refractivity contribution < 1.29 is 9.90 Å². The number of piperazine rings is 1. The molecule has 1 aliphatic heterocycles. The molecule has 2 aromatic rings. The van der Waals surface area contributed by atoms with Crippen LogP contribution in [0, 0.1) is 0 Å². The van der Waals surface area contributed by atoms with Crippen LogP contribution in [-0.2, 0) is 12.8 Å². The minimum atomic E-state index is -1.09. The van der Waals surface area contributed by atoms with E-state index in [1.54, 1.807) is 12.1 Å². The van der Waals surface area contributed by atoms with Crippen LogP contribution in [-0.4, -0.2) is 53.2 Å². The van der Waals surface area contributed by atoms with Gasteiger partial charge in [-0.25, -0.2) is 9.78 Å². The quantitative estimate of drug-likeness (QED) is 0.915. The van der Waals surface area contributed by atoms with Gasteiger partial charge in [0.2, 0.25) is 0 Å². The number of carboxylic acids is 1. The van der Waals surface area contributed by atoms with Gasteiger partial charge in [0.1, 0.15) is 5.82 Å². The second-order valence-electron chi connectivity index (χ2n) is 6.66. The zero-order valence-corrected chi connectivity index (χ0v) is 14.6. The summed E-state index contributed by atoms with van der Waals surface area (Å²) in [7, 11) is 0. The predicted molar refractivity (Wildman–Crippen MR) is 97.6 cm³/mol. The molecule has 1 aromatic carbocycles. The van der Waals surface area contributed by atoms with Crippen molar-refractivity contribution >= 4 is 23.4 Å². The van der Waals surface area contributed by atoms with E-state index in [-0.39, 0.29) is 10.7 Å². The molecule has 0 bridgehead atoms. The third kappa shape index (κ3) is 3.22. The summed E-state index contributed by atoms with van der Waals surface area (Å²) >= 11 is 5.91. The Morgan fingerprint density at radius 3 is 2.28 bits per heavy atom. The number of aromatic carboxylic acids is 1. The van der Waals surface area contributed by atoms with Gasteiger partial charge in [0, 0.05) is 32.2 Å². The smallest absolute Gasteiger partial charge is 0.356 e. The van der Waals surface area contributed by atoms with Crippen molar-refractivity contribution in [2.75, 3.05) is 31.1 Å². The van der Waals surface area contributed by atoms with Gasteiger partial charge in [0.15, 0.2) is 5.69 Å². The van der Waals surface area contributed by atoms with Gasteiger partial charge in [-0.2, -0.15) is 0 Å². The Morgan fingerprint density at radius 1 is 1.04 bits per heavy atom. The maximum atomic E-state index is 11.2. The number of carbonyl (C=O) groups is 1. The van der Waals surface area contributed by atoms with E-state index < -0.39 is 5.97 Å². The highest BCUT2D eigenvalue weighted by Gasteiger charge is 2.29. The van der Waals surface area contributed by atoms with E-state index >= 15 is 0 Å². The molecule has 1 aromatic heterocycles. The number of benzene rings is 1. The molecule has 0 amide bonds. The molecule has 0 unspecified atom stereocenters. The number of nitrogens with zero attached hydrogens (tertiary/aromatic N) is 3. The molecule has 0 radical (unpaired) electrons. The molecule has 0 spiro atoms. The summed E-state index contributed by atoms with van der Waals surface area (Å²) in [5.41, 5.74) is 2.87. The van der Waals surface area contributed by atoms with E-state index in [0.717, 1.165) is 39.0 Å². The van der Waals surface area contributed by atoms with Gasteiger partial charge in [-0.3, -0.25) is 4.90 Å². The zero-order chi connectivity index (χ0) is 17.4. The van der Waals surface area contributed by atoms with Crippen LogP contribution in [0.5, 0.6) is 0 Å². The van der Waals surface area contributed by atoms with Crippen molar-refractivity contribution in [3.8, 4) is 0 Å². The molecule has 2 heterocycles. The van der Waals surface area contributed by atoms with Crippen LogP contribution in [0.4, 0.5) is 5.82 Å². The fraction of sp³-hybridized carbons (Fsp3) is 0.368. The molecule has 1 N–H and O–H groups in total.